The van der Waals surface area contributed by atoms with Crippen LogP contribution in [-0.2, 0) is 11.8 Å². The van der Waals surface area contributed by atoms with Crippen LogP contribution in [0.1, 0.15) is 30.5 Å². The Morgan fingerprint density at radius 1 is 1.22 bits per heavy atom. The maximum atomic E-state index is 11.0. The highest BCUT2D eigenvalue weighted by molar-refractivity contribution is 5.73. The van der Waals surface area contributed by atoms with E-state index in [-0.39, 0.29) is 17.7 Å². The molecule has 2 aromatic carbocycles. The zero-order valence-electron chi connectivity index (χ0n) is 15.6. The van der Waals surface area contributed by atoms with Crippen molar-refractivity contribution in [3.8, 4) is 5.75 Å². The highest BCUT2D eigenvalue weighted by Crippen LogP contribution is 2.54. The Morgan fingerprint density at radius 3 is 2.70 bits per heavy atom. The topological polar surface area (TPSA) is 75.8 Å². The van der Waals surface area contributed by atoms with Crippen molar-refractivity contribution in [3.05, 3.63) is 69.3 Å². The van der Waals surface area contributed by atoms with Crippen molar-refractivity contribution in [2.45, 2.75) is 31.4 Å². The number of aliphatic hydroxyl groups excluding tert-OH is 1. The van der Waals surface area contributed by atoms with Crippen LogP contribution in [0.5, 0.6) is 5.75 Å². The largest absolute Gasteiger partial charge is 0.463 e. The fraction of sp³-hybridized carbons (Fsp3) is 0.333. The first-order valence-electron chi connectivity index (χ1n) is 8.95. The molecule has 2 aromatic rings. The van der Waals surface area contributed by atoms with Gasteiger partial charge in [0.15, 0.2) is 0 Å². The Kier molecular flexibility index (Phi) is 3.78. The molecule has 0 amide bonds. The van der Waals surface area contributed by atoms with E-state index in [2.05, 4.69) is 30.9 Å². The summed E-state index contributed by atoms with van der Waals surface area (Å²) in [6.45, 7) is 4.39. The molecule has 27 heavy (non-hydrogen) atoms. The molecule has 1 atom stereocenters. The van der Waals surface area contributed by atoms with Crippen molar-refractivity contribution >= 4 is 17.5 Å². The molecule has 4 rings (SSSR count). The van der Waals surface area contributed by atoms with Gasteiger partial charge in [0.2, 0.25) is 5.72 Å². The molecule has 140 valence electrons. The van der Waals surface area contributed by atoms with Gasteiger partial charge in [-0.2, -0.15) is 0 Å². The third-order valence-electron chi connectivity index (χ3n) is 5.85. The van der Waals surface area contributed by atoms with E-state index < -0.39 is 10.6 Å². The number of anilines is 1. The summed E-state index contributed by atoms with van der Waals surface area (Å²) in [5.74, 6) is 0.631. The van der Waals surface area contributed by atoms with E-state index in [4.69, 9.17) is 4.74 Å². The standard InChI is InChI=1S/C21H22N2O4/c1-20(2)17-12-14(9-11-24)4-6-18(17)22(3)21(20)10-8-15-13-16(23(25)26)5-7-19(15)27-21/h4-8,10,12-13,24H,9,11H2,1-3H3. The number of rotatable bonds is 3. The lowest BCUT2D eigenvalue weighted by Crippen LogP contribution is -2.58. The number of fused-ring (bicyclic) bond motifs is 2. The van der Waals surface area contributed by atoms with Gasteiger partial charge in [-0.25, -0.2) is 0 Å². The van der Waals surface area contributed by atoms with Gasteiger partial charge in [0, 0.05) is 37.0 Å². The van der Waals surface area contributed by atoms with Crippen LogP contribution in [0.2, 0.25) is 0 Å². The lowest BCUT2D eigenvalue weighted by Gasteiger charge is -2.45. The summed E-state index contributed by atoms with van der Waals surface area (Å²) >= 11 is 0. The van der Waals surface area contributed by atoms with Crippen LogP contribution in [0.25, 0.3) is 6.08 Å². The Bertz CT molecular complexity index is 967. The van der Waals surface area contributed by atoms with Gasteiger partial charge in [0.1, 0.15) is 5.75 Å². The molecule has 2 aliphatic heterocycles. The van der Waals surface area contributed by atoms with Crippen LogP contribution < -0.4 is 9.64 Å². The minimum Gasteiger partial charge on any atom is -0.463 e. The Morgan fingerprint density at radius 2 is 2.00 bits per heavy atom. The average Bonchev–Trinajstić information content (AvgIpc) is 2.80. The van der Waals surface area contributed by atoms with E-state index >= 15 is 0 Å². The Balaban J connectivity index is 1.80. The van der Waals surface area contributed by atoms with Gasteiger partial charge in [-0.3, -0.25) is 10.1 Å². The fourth-order valence-electron chi connectivity index (χ4n) is 4.25. The van der Waals surface area contributed by atoms with Crippen LogP contribution in [0, 0.1) is 10.1 Å². The SMILES string of the molecule is CN1c2ccc(CCO)cc2C(C)(C)C12C=Cc1cc([N+](=O)[O-])ccc1O2. The van der Waals surface area contributed by atoms with Crippen molar-refractivity contribution < 1.29 is 14.8 Å². The van der Waals surface area contributed by atoms with Crippen LogP contribution in [0.3, 0.4) is 0 Å². The molecule has 0 radical (unpaired) electrons. The highest BCUT2D eigenvalue weighted by Gasteiger charge is 2.57. The summed E-state index contributed by atoms with van der Waals surface area (Å²) < 4.78 is 6.49. The maximum absolute atomic E-state index is 11.0. The van der Waals surface area contributed by atoms with Gasteiger partial charge in [0.25, 0.3) is 5.69 Å². The highest BCUT2D eigenvalue weighted by atomic mass is 16.6. The minimum atomic E-state index is -0.726. The Hall–Kier alpha value is -2.86. The zero-order valence-corrected chi connectivity index (χ0v) is 15.6. The second-order valence-electron chi connectivity index (χ2n) is 7.62. The lowest BCUT2D eigenvalue weighted by molar-refractivity contribution is -0.384. The average molecular weight is 366 g/mol. The number of non-ortho nitro benzene ring substituents is 1. The van der Waals surface area contributed by atoms with E-state index in [9.17, 15) is 15.2 Å². The first-order chi connectivity index (χ1) is 12.8. The molecule has 0 saturated heterocycles. The third-order valence-corrected chi connectivity index (χ3v) is 5.85. The van der Waals surface area contributed by atoms with Gasteiger partial charge < -0.3 is 14.7 Å². The third kappa shape index (κ3) is 2.36. The van der Waals surface area contributed by atoms with Crippen molar-refractivity contribution in [3.63, 3.8) is 0 Å². The number of likely N-dealkylation sites (N-methyl/N-ethyl adjacent to an activating group) is 1. The molecule has 1 spiro atoms. The molecule has 2 heterocycles. The molecule has 6 heteroatoms. The first kappa shape index (κ1) is 17.5. The van der Waals surface area contributed by atoms with Gasteiger partial charge in [-0.05, 0) is 55.7 Å². The molecule has 0 aliphatic carbocycles. The van der Waals surface area contributed by atoms with Crippen LogP contribution >= 0.6 is 0 Å². The van der Waals surface area contributed by atoms with Gasteiger partial charge in [-0.15, -0.1) is 0 Å². The van der Waals surface area contributed by atoms with Crippen molar-refractivity contribution in [2.24, 2.45) is 0 Å². The summed E-state index contributed by atoms with van der Waals surface area (Å²) in [4.78, 5) is 12.8. The van der Waals surface area contributed by atoms with Crippen LogP contribution in [-0.4, -0.2) is 29.4 Å². The van der Waals surface area contributed by atoms with Crippen LogP contribution in [0.4, 0.5) is 11.4 Å². The molecule has 0 aromatic heterocycles. The normalized spacial score (nSPS) is 21.7. The fourth-order valence-corrected chi connectivity index (χ4v) is 4.25. The summed E-state index contributed by atoms with van der Waals surface area (Å²) in [6.07, 6.45) is 4.51. The number of benzene rings is 2. The molecule has 6 nitrogen and oxygen atoms in total. The number of ether oxygens (including phenoxy) is 1. The first-order valence-corrected chi connectivity index (χ1v) is 8.95. The predicted molar refractivity (Wildman–Crippen MR) is 104 cm³/mol. The summed E-state index contributed by atoms with van der Waals surface area (Å²) in [6, 6.07) is 10.9. The number of aliphatic hydroxyl groups is 1. The van der Waals surface area contributed by atoms with E-state index in [1.54, 1.807) is 6.07 Å². The molecule has 1 N–H and O–H groups in total. The number of nitro groups is 1. The van der Waals surface area contributed by atoms with Crippen molar-refractivity contribution in [2.75, 3.05) is 18.6 Å². The summed E-state index contributed by atoms with van der Waals surface area (Å²) in [5, 5.41) is 20.3. The molecule has 0 bridgehead atoms. The zero-order chi connectivity index (χ0) is 19.4. The van der Waals surface area contributed by atoms with E-state index in [0.29, 0.717) is 17.7 Å². The maximum Gasteiger partial charge on any atom is 0.270 e. The number of nitrogens with zero attached hydrogens (tertiary/aromatic N) is 2. The number of hydrogen-bond acceptors (Lipinski definition) is 5. The second-order valence-corrected chi connectivity index (χ2v) is 7.62. The second kappa shape index (κ2) is 5.82. The summed E-state index contributed by atoms with van der Waals surface area (Å²) in [7, 11) is 2.00. The monoisotopic (exact) mass is 366 g/mol. The smallest absolute Gasteiger partial charge is 0.270 e. The number of nitro benzene ring substituents is 1. The quantitative estimate of drug-likeness (QED) is 0.663. The van der Waals surface area contributed by atoms with E-state index in [0.717, 1.165) is 16.8 Å². The molecule has 0 fully saturated rings. The van der Waals surface area contributed by atoms with Gasteiger partial charge in [-0.1, -0.05) is 12.1 Å². The molecular weight excluding hydrogens is 344 g/mol. The minimum absolute atomic E-state index is 0.0499. The van der Waals surface area contributed by atoms with E-state index in [1.165, 1.54) is 12.1 Å². The predicted octanol–water partition coefficient (Wildman–Crippen LogP) is 3.66. The molecule has 0 saturated carbocycles. The lowest BCUT2D eigenvalue weighted by atomic mass is 9.76. The molecular formula is C21H22N2O4. The van der Waals surface area contributed by atoms with Gasteiger partial charge >= 0.3 is 0 Å². The molecule has 2 aliphatic rings. The number of hydrogen-bond donors (Lipinski definition) is 1. The van der Waals surface area contributed by atoms with Crippen molar-refractivity contribution in [1.82, 2.24) is 0 Å². The van der Waals surface area contributed by atoms with E-state index in [1.807, 2.05) is 25.3 Å². The summed E-state index contributed by atoms with van der Waals surface area (Å²) in [5.41, 5.74) is 2.99. The Labute approximate surface area is 157 Å². The van der Waals surface area contributed by atoms with Crippen molar-refractivity contribution in [1.29, 1.82) is 0 Å². The molecule has 1 unspecified atom stereocenters. The van der Waals surface area contributed by atoms with Gasteiger partial charge in [0.05, 0.1) is 10.3 Å². The van der Waals surface area contributed by atoms with Crippen LogP contribution in [0.15, 0.2) is 42.5 Å².